The summed E-state index contributed by atoms with van der Waals surface area (Å²) in [6.45, 7) is 1.65. The summed E-state index contributed by atoms with van der Waals surface area (Å²) >= 11 is 0. The molecule has 1 unspecified atom stereocenters. The molecular formula is C13H11F2N3O2. The van der Waals surface area contributed by atoms with Gasteiger partial charge in [-0.2, -0.15) is 0 Å². The Morgan fingerprint density at radius 2 is 2.05 bits per heavy atom. The molecule has 2 aromatic rings. The number of hydrogen-bond acceptors (Lipinski definition) is 4. The van der Waals surface area contributed by atoms with E-state index in [1.165, 1.54) is 24.3 Å². The first-order chi connectivity index (χ1) is 9.49. The van der Waals surface area contributed by atoms with Crippen molar-refractivity contribution < 1.29 is 13.7 Å². The van der Waals surface area contributed by atoms with Gasteiger partial charge in [-0.25, -0.2) is 8.78 Å². The third kappa shape index (κ3) is 2.87. The number of nitrogens with zero attached hydrogens (tertiary/aromatic N) is 2. The highest BCUT2D eigenvalue weighted by atomic mass is 19.1. The zero-order valence-corrected chi connectivity index (χ0v) is 10.5. The van der Waals surface area contributed by atoms with E-state index in [-0.39, 0.29) is 11.4 Å². The van der Waals surface area contributed by atoms with Gasteiger partial charge in [0.05, 0.1) is 22.9 Å². The van der Waals surface area contributed by atoms with Gasteiger partial charge in [0, 0.05) is 6.07 Å². The molecule has 20 heavy (non-hydrogen) atoms. The van der Waals surface area contributed by atoms with Crippen LogP contribution in [0, 0.1) is 21.7 Å². The van der Waals surface area contributed by atoms with Crippen molar-refractivity contribution in [3.05, 3.63) is 64.0 Å². The first-order valence-electron chi connectivity index (χ1n) is 5.80. The number of anilines is 1. The molecule has 5 nitrogen and oxygen atoms in total. The number of rotatable bonds is 4. The molecule has 0 aliphatic heterocycles. The lowest BCUT2D eigenvalue weighted by molar-refractivity contribution is -0.384. The van der Waals surface area contributed by atoms with Crippen LogP contribution < -0.4 is 5.32 Å². The van der Waals surface area contributed by atoms with E-state index in [0.717, 1.165) is 12.3 Å². The maximum Gasteiger partial charge on any atom is 0.295 e. The molecule has 7 heteroatoms. The van der Waals surface area contributed by atoms with E-state index in [1.54, 1.807) is 6.92 Å². The van der Waals surface area contributed by atoms with Crippen LogP contribution in [-0.4, -0.2) is 9.91 Å². The highest BCUT2D eigenvalue weighted by Crippen LogP contribution is 2.30. The molecule has 1 heterocycles. The summed E-state index contributed by atoms with van der Waals surface area (Å²) in [5, 5.41) is 13.6. The number of nitro groups is 1. The first kappa shape index (κ1) is 13.9. The van der Waals surface area contributed by atoms with E-state index in [9.17, 15) is 18.9 Å². The molecule has 0 radical (unpaired) electrons. The number of benzene rings is 1. The number of pyridine rings is 1. The third-order valence-electron chi connectivity index (χ3n) is 2.74. The quantitative estimate of drug-likeness (QED) is 0.687. The molecule has 2 rings (SSSR count). The van der Waals surface area contributed by atoms with Crippen molar-refractivity contribution >= 4 is 11.4 Å². The van der Waals surface area contributed by atoms with E-state index in [1.807, 2.05) is 0 Å². The van der Waals surface area contributed by atoms with E-state index in [4.69, 9.17) is 0 Å². The van der Waals surface area contributed by atoms with Gasteiger partial charge in [0.15, 0.2) is 5.82 Å². The lowest BCUT2D eigenvalue weighted by Gasteiger charge is -2.15. The van der Waals surface area contributed by atoms with E-state index < -0.39 is 22.6 Å². The first-order valence-corrected chi connectivity index (χ1v) is 5.80. The minimum Gasteiger partial charge on any atom is -0.369 e. The molecule has 0 bridgehead atoms. The van der Waals surface area contributed by atoms with E-state index in [0.29, 0.717) is 5.69 Å². The second kappa shape index (κ2) is 5.60. The van der Waals surface area contributed by atoms with Crippen LogP contribution in [0.3, 0.4) is 0 Å². The number of hydrogen-bond donors (Lipinski definition) is 1. The fraction of sp³-hybridized carbons (Fsp3) is 0.154. The van der Waals surface area contributed by atoms with Crippen molar-refractivity contribution in [3.63, 3.8) is 0 Å². The highest BCUT2D eigenvalue weighted by Gasteiger charge is 2.20. The largest absolute Gasteiger partial charge is 0.369 e. The Morgan fingerprint density at radius 1 is 1.30 bits per heavy atom. The highest BCUT2D eigenvalue weighted by molar-refractivity contribution is 5.62. The molecule has 104 valence electrons. The predicted molar refractivity (Wildman–Crippen MR) is 69.3 cm³/mol. The van der Waals surface area contributed by atoms with Crippen LogP contribution >= 0.6 is 0 Å². The van der Waals surface area contributed by atoms with Gasteiger partial charge in [0.1, 0.15) is 11.5 Å². The van der Waals surface area contributed by atoms with E-state index in [2.05, 4.69) is 10.3 Å². The summed E-state index contributed by atoms with van der Waals surface area (Å²) in [5.74, 6) is -1.22. The maximum atomic E-state index is 13.7. The van der Waals surface area contributed by atoms with Crippen molar-refractivity contribution in [1.82, 2.24) is 4.98 Å². The summed E-state index contributed by atoms with van der Waals surface area (Å²) in [6, 6.07) is 5.73. The molecule has 1 aromatic carbocycles. The Balaban J connectivity index is 2.30. The molecule has 0 aliphatic carbocycles. The van der Waals surface area contributed by atoms with Crippen LogP contribution in [0.15, 0.2) is 36.5 Å². The third-order valence-corrected chi connectivity index (χ3v) is 2.74. The fourth-order valence-electron chi connectivity index (χ4n) is 1.74. The minimum atomic E-state index is -0.729. The van der Waals surface area contributed by atoms with Crippen LogP contribution in [0.2, 0.25) is 0 Å². The second-order valence-corrected chi connectivity index (χ2v) is 4.16. The van der Waals surface area contributed by atoms with Gasteiger partial charge in [0.2, 0.25) is 0 Å². The number of halogens is 2. The smallest absolute Gasteiger partial charge is 0.295 e. The van der Waals surface area contributed by atoms with Gasteiger partial charge in [-0.3, -0.25) is 15.1 Å². The summed E-state index contributed by atoms with van der Waals surface area (Å²) in [4.78, 5) is 14.0. The van der Waals surface area contributed by atoms with Crippen molar-refractivity contribution in [2.45, 2.75) is 13.0 Å². The van der Waals surface area contributed by atoms with Crippen LogP contribution in [0.25, 0.3) is 0 Å². The van der Waals surface area contributed by atoms with Gasteiger partial charge >= 0.3 is 0 Å². The van der Waals surface area contributed by atoms with Gasteiger partial charge in [-0.1, -0.05) is 6.07 Å². The minimum absolute atomic E-state index is 0.212. The Morgan fingerprint density at radius 3 is 2.65 bits per heavy atom. The van der Waals surface area contributed by atoms with Gasteiger partial charge < -0.3 is 5.32 Å². The number of aromatic nitrogens is 1. The zero-order valence-electron chi connectivity index (χ0n) is 10.5. The Kier molecular flexibility index (Phi) is 3.88. The lowest BCUT2D eigenvalue weighted by atomic mass is 10.2. The molecule has 1 aromatic heterocycles. The SMILES string of the molecule is CC(Nc1c(F)cccc1[N+](=O)[O-])c1ccc(F)cn1. The predicted octanol–water partition coefficient (Wildman–Crippen LogP) is 3.44. The van der Waals surface area contributed by atoms with Crippen molar-refractivity contribution in [2.75, 3.05) is 5.32 Å². The number of nitro benzene ring substituents is 1. The molecule has 0 amide bonds. The topological polar surface area (TPSA) is 68.1 Å². The van der Waals surface area contributed by atoms with Gasteiger partial charge in [-0.15, -0.1) is 0 Å². The van der Waals surface area contributed by atoms with E-state index >= 15 is 0 Å². The Labute approximate surface area is 113 Å². The monoisotopic (exact) mass is 279 g/mol. The molecule has 0 aliphatic rings. The average Bonchev–Trinajstić information content (AvgIpc) is 2.41. The van der Waals surface area contributed by atoms with Crippen molar-refractivity contribution in [3.8, 4) is 0 Å². The van der Waals surface area contributed by atoms with Crippen LogP contribution in [0.1, 0.15) is 18.7 Å². The molecule has 0 spiro atoms. The van der Waals surface area contributed by atoms with Crippen LogP contribution in [0.4, 0.5) is 20.2 Å². The Bertz CT molecular complexity index is 632. The molecular weight excluding hydrogens is 268 g/mol. The molecule has 1 atom stereocenters. The zero-order chi connectivity index (χ0) is 14.7. The summed E-state index contributed by atoms with van der Waals surface area (Å²) in [5.41, 5.74) is -0.126. The maximum absolute atomic E-state index is 13.7. The molecule has 1 N–H and O–H groups in total. The normalized spacial score (nSPS) is 11.9. The molecule has 0 saturated heterocycles. The summed E-state index contributed by atoms with van der Waals surface area (Å²) in [6.07, 6.45) is 1.03. The summed E-state index contributed by atoms with van der Waals surface area (Å²) < 4.78 is 26.5. The summed E-state index contributed by atoms with van der Waals surface area (Å²) in [7, 11) is 0. The molecule has 0 saturated carbocycles. The number of para-hydroxylation sites is 1. The Hall–Kier alpha value is -2.57. The van der Waals surface area contributed by atoms with Crippen LogP contribution in [-0.2, 0) is 0 Å². The van der Waals surface area contributed by atoms with Gasteiger partial charge in [-0.05, 0) is 25.1 Å². The average molecular weight is 279 g/mol. The van der Waals surface area contributed by atoms with Crippen molar-refractivity contribution in [1.29, 1.82) is 0 Å². The molecule has 0 fully saturated rings. The lowest BCUT2D eigenvalue weighted by Crippen LogP contribution is -2.11. The van der Waals surface area contributed by atoms with Crippen molar-refractivity contribution in [2.24, 2.45) is 0 Å². The second-order valence-electron chi connectivity index (χ2n) is 4.16. The standard InChI is InChI=1S/C13H11F2N3O2/c1-8(11-6-5-9(14)7-16-11)17-13-10(15)3-2-4-12(13)18(19)20/h2-8,17H,1H3. The number of nitrogens with one attached hydrogen (secondary N) is 1. The van der Waals surface area contributed by atoms with Gasteiger partial charge in [0.25, 0.3) is 5.69 Å². The van der Waals surface area contributed by atoms with Crippen LogP contribution in [0.5, 0.6) is 0 Å². The fourth-order valence-corrected chi connectivity index (χ4v) is 1.74.